The molecule has 35 heteroatoms. The Morgan fingerprint density at radius 2 is 0.915 bits per heavy atom. The first-order valence-electron chi connectivity index (χ1n) is 36.5. The molecule has 646 valence electrons. The number of amides is 6. The second-order valence-electron chi connectivity index (χ2n) is 33.3. The summed E-state index contributed by atoms with van der Waals surface area (Å²) in [5.41, 5.74) is 6.94. The summed E-state index contributed by atoms with van der Waals surface area (Å²) >= 11 is 0. The Bertz CT molecular complexity index is 4690. The number of aliphatic carboxylic acids is 1. The van der Waals surface area contributed by atoms with Crippen LogP contribution in [0.4, 0.5) is 9.59 Å². The number of Topliss-reactive ketones (excluding diaryl/α,β-unsaturated/α-hetero) is 2. The molecular weight excluding hydrogens is 1550 g/mol. The number of carboxylic acids is 1. The first kappa shape index (κ1) is 102. The van der Waals surface area contributed by atoms with E-state index in [9.17, 15) is 57.6 Å². The molecule has 1 saturated heterocycles. The van der Waals surface area contributed by atoms with Crippen LogP contribution in [0.1, 0.15) is 240 Å². The van der Waals surface area contributed by atoms with Crippen molar-refractivity contribution in [3.8, 4) is 0 Å². The van der Waals surface area contributed by atoms with Crippen LogP contribution in [0.2, 0.25) is 0 Å². The summed E-state index contributed by atoms with van der Waals surface area (Å²) in [4.78, 5) is 136. The summed E-state index contributed by atoms with van der Waals surface area (Å²) < 4.78 is 57.9. The molecule has 1 fully saturated rings. The Labute approximate surface area is 688 Å². The molecule has 8 rings (SSSR count). The number of piperazine rings is 1. The minimum Gasteiger partial charge on any atom is -0.503 e. The maximum atomic E-state index is 12.4. The molecule has 0 radical (unpaired) electrons. The Kier molecular flexibility index (Phi) is 38.0. The Morgan fingerprint density at radius 3 is 1.28 bits per heavy atom. The van der Waals surface area contributed by atoms with Gasteiger partial charge in [-0.05, 0) is 71.7 Å². The topological polar surface area (TPSA) is 502 Å². The van der Waals surface area contributed by atoms with Crippen molar-refractivity contribution in [2.75, 3.05) is 14.2 Å². The Morgan fingerprint density at radius 1 is 0.542 bits per heavy atom. The highest BCUT2D eigenvalue weighted by Crippen LogP contribution is 2.51. The van der Waals surface area contributed by atoms with Gasteiger partial charge in [0, 0.05) is 73.2 Å². The number of oxazole rings is 5. The molecule has 34 nitrogen and oxygen atoms in total. The number of ether oxygens (including phenoxy) is 2. The van der Waals surface area contributed by atoms with E-state index in [4.69, 9.17) is 47.5 Å². The molecule has 6 amide bonds. The van der Waals surface area contributed by atoms with E-state index < -0.39 is 83.9 Å². The molecule has 7 aromatic rings. The van der Waals surface area contributed by atoms with Crippen LogP contribution in [0, 0.1) is 0 Å². The van der Waals surface area contributed by atoms with E-state index in [1.807, 2.05) is 165 Å². The van der Waals surface area contributed by atoms with Crippen LogP contribution in [0.25, 0.3) is 24.3 Å². The molecule has 2 aromatic carbocycles. The zero-order chi connectivity index (χ0) is 89.2. The monoisotopic (exact) mass is 1670 g/mol. The summed E-state index contributed by atoms with van der Waals surface area (Å²) in [5, 5.41) is 40.2. The zero-order valence-corrected chi connectivity index (χ0v) is 71.9. The first-order chi connectivity index (χ1) is 53.8. The molecule has 10 N–H and O–H groups in total. The van der Waals surface area contributed by atoms with Gasteiger partial charge in [-0.15, -0.1) is 0 Å². The predicted octanol–water partition coefficient (Wildman–Crippen LogP) is 14.0. The standard InChI is InChI=1S/C19H23N3O4.C19H21N3O3.C16H24N2O4.C10H20NO6P.C10H13NO4.C8H11NO2.CH4/c1-19(2,3)16-13(21-11-26-16)10-15(23)18(25)22-14(17(20)24)9-12-7-5-4-6-8-12;1-19(2,3)16-13(20-11-25-16)10-15-18(24)21-14(17(23)22-15)9-12-7-5-4-6-8-12;1-10(19)11(18-14(20)22-16(5,6)7)8-12-13(15(2,3)4)21-9-17-12;1-7(12)8(18(14,15-5)16-6)11-9(13)17-10(2,3)4;1-10(2,3)8-6(11-5-15-8)4-7(12)9(13)14;1-8(2,3)7-6(4-10)9-5-11-7;/h4-8,10-11,14,23H,9H2,1-3H3,(H2,20,24)(H,22,25);4-8,10-11,14H,9H2,1-3H3,(H,21,24)(H,22,23);8-9H,1-7H3,(H,18,20);8H,1-6H3,(H,11,13);4-5,12H,1-3H3,(H,13,14);4-5H,1-3H3;1H4/b2*15-10-;11-8-;;7-4-;;/t14-;;;;;;/m0....../s1. The van der Waals surface area contributed by atoms with Crippen molar-refractivity contribution in [2.24, 2.45) is 5.73 Å². The maximum Gasteiger partial charge on any atom is 0.412 e. The van der Waals surface area contributed by atoms with E-state index in [1.165, 1.54) is 58.0 Å². The minimum atomic E-state index is -3.73. The normalized spacial score (nSPS) is 14.3. The van der Waals surface area contributed by atoms with Crippen LogP contribution in [0.15, 0.2) is 138 Å². The zero-order valence-electron chi connectivity index (χ0n) is 71.0. The van der Waals surface area contributed by atoms with Crippen LogP contribution in [-0.2, 0) is 96.6 Å². The van der Waals surface area contributed by atoms with Gasteiger partial charge >= 0.3 is 25.8 Å². The van der Waals surface area contributed by atoms with Crippen molar-refractivity contribution in [2.45, 2.75) is 236 Å². The molecule has 0 bridgehead atoms. The number of aromatic nitrogens is 5. The summed E-state index contributed by atoms with van der Waals surface area (Å²) in [7, 11) is -1.46. The van der Waals surface area contributed by atoms with Gasteiger partial charge in [-0.25, -0.2) is 39.3 Å². The molecular formula is C83H116N11O23P. The summed E-state index contributed by atoms with van der Waals surface area (Å²) in [6.45, 7) is 42.1. The number of carbonyl (C=O) groups is 10. The number of benzene rings is 2. The molecule has 1 aliphatic heterocycles. The van der Waals surface area contributed by atoms with Crippen molar-refractivity contribution < 1.29 is 108 Å². The van der Waals surface area contributed by atoms with Crippen LogP contribution in [0.3, 0.4) is 0 Å². The highest BCUT2D eigenvalue weighted by atomic mass is 31.2. The van der Waals surface area contributed by atoms with E-state index in [-0.39, 0.29) is 69.9 Å². The number of primary amides is 1. The van der Waals surface area contributed by atoms with Crippen LogP contribution in [0.5, 0.6) is 0 Å². The quantitative estimate of drug-likeness (QED) is 0.0148. The third-order valence-corrected chi connectivity index (χ3v) is 17.4. The van der Waals surface area contributed by atoms with Crippen molar-refractivity contribution in [1.29, 1.82) is 0 Å². The molecule has 118 heavy (non-hydrogen) atoms. The Balaban J connectivity index is 0.000000488. The number of hydrogen-bond donors (Lipinski definition) is 9. The molecule has 5 aromatic heterocycles. The number of carbonyl (C=O) groups excluding carboxylic acids is 9. The summed E-state index contributed by atoms with van der Waals surface area (Å²) in [6, 6.07) is 17.2. The van der Waals surface area contributed by atoms with Gasteiger partial charge in [0.15, 0.2) is 61.4 Å². The van der Waals surface area contributed by atoms with Gasteiger partial charge in [0.1, 0.15) is 86.3 Å². The fraction of sp³-hybridized carbons (Fsp3) is 0.458. The lowest BCUT2D eigenvalue weighted by molar-refractivity contribution is -0.135. The smallest absolute Gasteiger partial charge is 0.412 e. The highest BCUT2D eigenvalue weighted by molar-refractivity contribution is 7.55. The number of rotatable bonds is 20. The SMILES string of the molecule is C.CC(=O)/C(=C/c1ncoc1C(C)(C)C)NC(=O)OC(C)(C)C.CC(C)(C)c1ocnc1/C=C(\O)C(=O)N[C@@H](Cc1ccccc1)C(N)=O.CC(C)(C)c1ocnc1/C=C(\O)C(=O)O.CC(C)(C)c1ocnc1/C=C1\NC(=O)C(Cc2ccccc2)NC1=O.CC(C)(C)c1ocnc1C=O.COP(=O)(OC)C(NC(=O)OC(C)(C)C)C(C)=O. The number of nitrogens with zero attached hydrogens (tertiary/aromatic N) is 5. The van der Waals surface area contributed by atoms with Crippen molar-refractivity contribution in [1.82, 2.24) is 51.5 Å². The molecule has 0 saturated carbocycles. The fourth-order valence-electron chi connectivity index (χ4n) is 9.96. The fourth-order valence-corrected chi connectivity index (χ4v) is 11.2. The Hall–Kier alpha value is -11.9. The third kappa shape index (κ3) is 34.1. The lowest BCUT2D eigenvalue weighted by Crippen LogP contribution is -2.55. The van der Waals surface area contributed by atoms with Crippen molar-refractivity contribution >= 4 is 91.5 Å². The number of alkyl carbamates (subject to hydrolysis) is 2. The maximum absolute atomic E-state index is 12.4. The molecule has 0 aliphatic carbocycles. The molecule has 1 aliphatic rings. The number of nitrogens with two attached hydrogens (primary N) is 1. The number of aldehydes is 1. The molecule has 3 atom stereocenters. The number of aliphatic hydroxyl groups excluding tert-OH is 2. The largest absolute Gasteiger partial charge is 0.503 e. The van der Waals surface area contributed by atoms with E-state index in [1.54, 1.807) is 47.6 Å². The molecule has 2 unspecified atom stereocenters. The lowest BCUT2D eigenvalue weighted by Gasteiger charge is -2.25. The van der Waals surface area contributed by atoms with Crippen LogP contribution in [-0.4, -0.2) is 143 Å². The van der Waals surface area contributed by atoms with Crippen molar-refractivity contribution in [3.05, 3.63) is 184 Å². The predicted molar refractivity (Wildman–Crippen MR) is 440 cm³/mol. The molecule has 6 heterocycles. The van der Waals surface area contributed by atoms with Gasteiger partial charge < -0.3 is 82.9 Å². The average Bonchev–Trinajstić information content (AvgIpc) is 1.56. The van der Waals surface area contributed by atoms with Crippen LogP contribution < -0.4 is 32.3 Å². The summed E-state index contributed by atoms with van der Waals surface area (Å²) in [6.07, 6.45) is 11.6. The first-order valence-corrected chi connectivity index (χ1v) is 38.1. The lowest BCUT2D eigenvalue weighted by atomic mass is 9.91. The van der Waals surface area contributed by atoms with Gasteiger partial charge in [0.2, 0.25) is 17.6 Å². The number of aliphatic hydroxyl groups is 2. The van der Waals surface area contributed by atoms with E-state index in [0.29, 0.717) is 70.0 Å². The van der Waals surface area contributed by atoms with Gasteiger partial charge in [-0.3, -0.25) is 43.4 Å². The van der Waals surface area contributed by atoms with Crippen molar-refractivity contribution in [3.63, 3.8) is 0 Å². The molecule has 0 spiro atoms. The van der Waals surface area contributed by atoms with Gasteiger partial charge in [-0.1, -0.05) is 172 Å². The van der Waals surface area contributed by atoms with E-state index in [0.717, 1.165) is 31.4 Å². The number of carboxylic acid groups (broad SMARTS) is 1. The number of allylic oxidation sites excluding steroid dienone is 1. The van der Waals surface area contributed by atoms with E-state index in [2.05, 4.69) is 60.6 Å². The van der Waals surface area contributed by atoms with Gasteiger partial charge in [-0.2, -0.15) is 0 Å². The number of nitrogens with one attached hydrogen (secondary N) is 5. The van der Waals surface area contributed by atoms with Gasteiger partial charge in [0.05, 0.1) is 5.70 Å². The second-order valence-corrected chi connectivity index (χ2v) is 35.6. The third-order valence-electron chi connectivity index (χ3n) is 15.3. The average molecular weight is 1670 g/mol. The summed E-state index contributed by atoms with van der Waals surface area (Å²) in [5.74, 6) is -4.01. The second kappa shape index (κ2) is 43.9. The van der Waals surface area contributed by atoms with E-state index >= 15 is 0 Å². The minimum absolute atomic E-state index is 0. The number of ketones is 2. The van der Waals surface area contributed by atoms with Crippen LogP contribution >= 0.6 is 7.60 Å². The van der Waals surface area contributed by atoms with Gasteiger partial charge in [0.25, 0.3) is 11.8 Å². The highest BCUT2D eigenvalue weighted by Gasteiger charge is 2.40. The number of hydrogen-bond acceptors (Lipinski definition) is 27.